The third kappa shape index (κ3) is 5.98. The molecule has 1 aromatic carbocycles. The first-order chi connectivity index (χ1) is 18.8. The predicted octanol–water partition coefficient (Wildman–Crippen LogP) is 2.58. The molecular weight excluding hydrogens is 534 g/mol. The number of carbonyl (C=O) groups is 1. The first-order valence-corrected chi connectivity index (χ1v) is 13.8. The number of benzene rings is 1. The number of nitrogens with zero attached hydrogens (tertiary/aromatic N) is 5. The number of anilines is 1. The Balaban J connectivity index is 1.37. The van der Waals surface area contributed by atoms with Crippen molar-refractivity contribution in [2.45, 2.75) is 74.6 Å². The molecule has 0 saturated heterocycles. The van der Waals surface area contributed by atoms with Crippen LogP contribution in [0.1, 0.15) is 50.6 Å². The van der Waals surface area contributed by atoms with Crippen LogP contribution in [0.3, 0.4) is 0 Å². The van der Waals surface area contributed by atoms with Crippen LogP contribution in [0.4, 0.5) is 14.6 Å². The monoisotopic (exact) mass is 564 g/mol. The predicted molar refractivity (Wildman–Crippen MR) is 137 cm³/mol. The van der Waals surface area contributed by atoms with Crippen molar-refractivity contribution >= 4 is 34.7 Å². The molecule has 0 radical (unpaired) electrons. The maximum atomic E-state index is 13.8. The number of aliphatic hydroxyl groups is 2. The van der Waals surface area contributed by atoms with Crippen molar-refractivity contribution in [3.8, 4) is 0 Å². The first-order valence-electron chi connectivity index (χ1n) is 12.8. The molecule has 39 heavy (non-hydrogen) atoms. The molecule has 2 heterocycles. The molecule has 14 heteroatoms. The maximum Gasteiger partial charge on any atom is 0.302 e. The number of aliphatic hydroxyl groups excluding tert-OH is 2. The molecular formula is C25H30F2N6O5S. The summed E-state index contributed by atoms with van der Waals surface area (Å²) in [6, 6.07) is 3.20. The van der Waals surface area contributed by atoms with Gasteiger partial charge in [-0.25, -0.2) is 23.4 Å². The van der Waals surface area contributed by atoms with Crippen LogP contribution in [0.25, 0.3) is 11.2 Å². The summed E-state index contributed by atoms with van der Waals surface area (Å²) in [7, 11) is 0. The van der Waals surface area contributed by atoms with Crippen molar-refractivity contribution in [3.05, 3.63) is 35.4 Å². The fourth-order valence-corrected chi connectivity index (χ4v) is 5.49. The molecule has 5 rings (SSSR count). The minimum Gasteiger partial charge on any atom is -0.463 e. The van der Waals surface area contributed by atoms with Gasteiger partial charge < -0.3 is 25.0 Å². The fourth-order valence-electron chi connectivity index (χ4n) is 4.79. The van der Waals surface area contributed by atoms with Gasteiger partial charge in [-0.3, -0.25) is 4.79 Å². The van der Waals surface area contributed by atoms with Gasteiger partial charge in [0.05, 0.1) is 18.8 Å². The van der Waals surface area contributed by atoms with E-state index in [4.69, 9.17) is 9.47 Å². The van der Waals surface area contributed by atoms with Crippen LogP contribution in [0.5, 0.6) is 0 Å². The van der Waals surface area contributed by atoms with E-state index < -0.39 is 42.0 Å². The zero-order valence-corrected chi connectivity index (χ0v) is 22.3. The number of ether oxygens (including phenoxy) is 2. The van der Waals surface area contributed by atoms with E-state index in [2.05, 4.69) is 25.6 Å². The second-order valence-corrected chi connectivity index (χ2v) is 10.8. The molecule has 210 valence electrons. The maximum absolute atomic E-state index is 13.8. The number of hydrogen-bond acceptors (Lipinski definition) is 11. The summed E-state index contributed by atoms with van der Waals surface area (Å²) in [6.07, 6.45) is -1.20. The van der Waals surface area contributed by atoms with E-state index in [1.54, 1.807) is 6.07 Å². The van der Waals surface area contributed by atoms with Crippen molar-refractivity contribution in [2.24, 2.45) is 0 Å². The quantitative estimate of drug-likeness (QED) is 0.137. The highest BCUT2D eigenvalue weighted by Crippen LogP contribution is 2.44. The van der Waals surface area contributed by atoms with Gasteiger partial charge in [0.2, 0.25) is 0 Å². The standard InChI is InChI=1S/C25H30F2N6O5S/c1-3-8-39-25-29-23(28-17-10-14(17)13-4-5-15(26)16(27)9-13)20-24(30-25)33(32-31-20)18-11-19(22(36)21(18)35)38-7-6-37-12(2)34/h4-5,9,14,17-19,21-22,35-36H,3,6-8,10-11H2,1-2H3,(H,28,29,30)/t14?,17-,18?,19+,21+,22-/m1/s1. The lowest BCUT2D eigenvalue weighted by atomic mass is 10.1. The molecule has 0 aliphatic heterocycles. The van der Waals surface area contributed by atoms with Crippen molar-refractivity contribution in [1.82, 2.24) is 25.0 Å². The van der Waals surface area contributed by atoms with E-state index in [0.717, 1.165) is 18.2 Å². The van der Waals surface area contributed by atoms with Crippen LogP contribution < -0.4 is 5.32 Å². The largest absolute Gasteiger partial charge is 0.463 e. The number of hydrogen-bond donors (Lipinski definition) is 3. The van der Waals surface area contributed by atoms with E-state index >= 15 is 0 Å². The molecule has 6 atom stereocenters. The van der Waals surface area contributed by atoms with Gasteiger partial charge in [0.25, 0.3) is 0 Å². The van der Waals surface area contributed by atoms with Crippen LogP contribution in [0.15, 0.2) is 23.4 Å². The number of esters is 1. The van der Waals surface area contributed by atoms with E-state index in [1.165, 1.54) is 29.4 Å². The summed E-state index contributed by atoms with van der Waals surface area (Å²) < 4.78 is 39.1. The number of aromatic nitrogens is 5. The Kier molecular flexibility index (Phi) is 8.26. The Bertz CT molecular complexity index is 1350. The number of carbonyl (C=O) groups excluding carboxylic acids is 1. The molecule has 2 aliphatic rings. The lowest BCUT2D eigenvalue weighted by molar-refractivity contribution is -0.144. The molecule has 0 bridgehead atoms. The summed E-state index contributed by atoms with van der Waals surface area (Å²) in [4.78, 5) is 20.3. The number of rotatable bonds is 11. The normalized spacial score (nSPS) is 26.2. The zero-order valence-electron chi connectivity index (χ0n) is 21.5. The SMILES string of the molecule is CCCSc1nc(N[C@@H]2CC2c2ccc(F)c(F)c2)c2nnn(C3C[C@H](OCCOC(C)=O)[C@@H](O)[C@H]3O)c2n1. The average Bonchev–Trinajstić information content (AvgIpc) is 3.45. The van der Waals surface area contributed by atoms with E-state index in [-0.39, 0.29) is 31.6 Å². The number of fused-ring (bicyclic) bond motifs is 1. The number of thioether (sulfide) groups is 1. The Morgan fingerprint density at radius 2 is 2.00 bits per heavy atom. The molecule has 3 aromatic rings. The second kappa shape index (κ2) is 11.7. The highest BCUT2D eigenvalue weighted by molar-refractivity contribution is 7.99. The van der Waals surface area contributed by atoms with Gasteiger partial charge in [0.1, 0.15) is 18.8 Å². The highest BCUT2D eigenvalue weighted by atomic mass is 32.2. The minimum atomic E-state index is -1.19. The Morgan fingerprint density at radius 3 is 2.74 bits per heavy atom. The van der Waals surface area contributed by atoms with Crippen molar-refractivity contribution in [2.75, 3.05) is 24.3 Å². The number of halogens is 2. The molecule has 0 spiro atoms. The fraction of sp³-hybridized carbons (Fsp3) is 0.560. The summed E-state index contributed by atoms with van der Waals surface area (Å²) in [5.74, 6) is -0.954. The molecule has 2 aliphatic carbocycles. The molecule has 2 unspecified atom stereocenters. The molecule has 2 fully saturated rings. The molecule has 2 aromatic heterocycles. The van der Waals surface area contributed by atoms with Crippen LogP contribution in [-0.4, -0.2) is 84.5 Å². The van der Waals surface area contributed by atoms with E-state index in [9.17, 15) is 23.8 Å². The summed E-state index contributed by atoms with van der Waals surface area (Å²) in [5, 5.41) is 33.8. The van der Waals surface area contributed by atoms with E-state index in [1.807, 2.05) is 6.92 Å². The smallest absolute Gasteiger partial charge is 0.302 e. The van der Waals surface area contributed by atoms with Gasteiger partial charge in [0, 0.05) is 31.1 Å². The Hall–Kier alpha value is -2.94. The first kappa shape index (κ1) is 27.6. The zero-order chi connectivity index (χ0) is 27.7. The topological polar surface area (TPSA) is 145 Å². The summed E-state index contributed by atoms with van der Waals surface area (Å²) >= 11 is 1.47. The third-order valence-corrected chi connectivity index (χ3v) is 7.91. The van der Waals surface area contributed by atoms with Gasteiger partial charge in [-0.2, -0.15) is 0 Å². The lowest BCUT2D eigenvalue weighted by Crippen LogP contribution is -2.33. The van der Waals surface area contributed by atoms with Gasteiger partial charge >= 0.3 is 5.97 Å². The Labute approximate surface area is 227 Å². The van der Waals surface area contributed by atoms with Crippen molar-refractivity contribution in [1.29, 1.82) is 0 Å². The van der Waals surface area contributed by atoms with E-state index in [0.29, 0.717) is 34.1 Å². The van der Waals surface area contributed by atoms with Gasteiger partial charge in [-0.15, -0.1) is 5.10 Å². The van der Waals surface area contributed by atoms with Crippen LogP contribution in [0, 0.1) is 11.6 Å². The lowest BCUT2D eigenvalue weighted by Gasteiger charge is -2.17. The van der Waals surface area contributed by atoms with Gasteiger partial charge in [-0.05, 0) is 30.5 Å². The molecule has 0 amide bonds. The minimum absolute atomic E-state index is 0.0106. The Morgan fingerprint density at radius 1 is 1.18 bits per heavy atom. The molecule has 11 nitrogen and oxygen atoms in total. The van der Waals surface area contributed by atoms with Gasteiger partial charge in [-0.1, -0.05) is 30.0 Å². The van der Waals surface area contributed by atoms with Crippen molar-refractivity contribution in [3.63, 3.8) is 0 Å². The van der Waals surface area contributed by atoms with Crippen LogP contribution >= 0.6 is 11.8 Å². The average molecular weight is 565 g/mol. The molecule has 3 N–H and O–H groups in total. The van der Waals surface area contributed by atoms with Gasteiger partial charge in [0.15, 0.2) is 33.8 Å². The molecule has 2 saturated carbocycles. The van der Waals surface area contributed by atoms with Crippen LogP contribution in [0.2, 0.25) is 0 Å². The highest BCUT2D eigenvalue weighted by Gasteiger charge is 2.45. The third-order valence-electron chi connectivity index (χ3n) is 6.86. The summed E-state index contributed by atoms with van der Waals surface area (Å²) in [5.41, 5.74) is 1.49. The van der Waals surface area contributed by atoms with Crippen LogP contribution in [-0.2, 0) is 14.3 Å². The second-order valence-electron chi connectivity index (χ2n) is 9.71. The summed E-state index contributed by atoms with van der Waals surface area (Å²) in [6.45, 7) is 3.46. The van der Waals surface area contributed by atoms with Crippen molar-refractivity contribution < 1.29 is 33.3 Å². The number of nitrogens with one attached hydrogen (secondary N) is 1.